The van der Waals surface area contributed by atoms with E-state index in [9.17, 15) is 8.78 Å². The quantitative estimate of drug-likeness (QED) is 0.700. The second-order valence-corrected chi connectivity index (χ2v) is 4.57. The van der Waals surface area contributed by atoms with Crippen molar-refractivity contribution in [2.75, 3.05) is 20.1 Å². The van der Waals surface area contributed by atoms with Crippen LogP contribution in [0.2, 0.25) is 0 Å². The Morgan fingerprint density at radius 2 is 1.94 bits per heavy atom. The molecule has 0 radical (unpaired) electrons. The van der Waals surface area contributed by atoms with E-state index in [4.69, 9.17) is 4.42 Å². The Bertz CT molecular complexity index is 576. The molecule has 1 aromatic heterocycles. The fraction of sp³-hybridized carbons (Fsp3) is 0.385. The third kappa shape index (κ3) is 1.72. The second kappa shape index (κ2) is 3.81. The summed E-state index contributed by atoms with van der Waals surface area (Å²) in [5.74, 6) is -0.306. The normalized spacial score (nSPS) is 17.1. The highest BCUT2D eigenvalue weighted by atomic mass is 19.1. The Labute approximate surface area is 97.8 Å². The number of benzene rings is 1. The molecule has 1 aliphatic heterocycles. The van der Waals surface area contributed by atoms with E-state index in [0.717, 1.165) is 43.3 Å². The molecule has 0 unspecified atom stereocenters. The van der Waals surface area contributed by atoms with Crippen molar-refractivity contribution in [3.05, 3.63) is 35.1 Å². The number of nitrogens with zero attached hydrogens (tertiary/aromatic N) is 1. The van der Waals surface area contributed by atoms with Crippen LogP contribution in [0.5, 0.6) is 0 Å². The van der Waals surface area contributed by atoms with Gasteiger partial charge in [-0.25, -0.2) is 8.78 Å². The third-order valence-corrected chi connectivity index (χ3v) is 3.35. The summed E-state index contributed by atoms with van der Waals surface area (Å²) in [6.07, 6.45) is 1.50. The molecule has 1 aromatic carbocycles. The smallest absolute Gasteiger partial charge is 0.140 e. The minimum atomic E-state index is -0.587. The summed E-state index contributed by atoms with van der Waals surface area (Å²) in [5, 5.41) is 0.455. The van der Waals surface area contributed by atoms with E-state index in [1.54, 1.807) is 0 Å². The van der Waals surface area contributed by atoms with Crippen molar-refractivity contribution in [2.45, 2.75) is 12.8 Å². The fourth-order valence-electron chi connectivity index (χ4n) is 2.43. The second-order valence-electron chi connectivity index (χ2n) is 4.57. The van der Waals surface area contributed by atoms with Gasteiger partial charge in [0, 0.05) is 37.2 Å². The van der Waals surface area contributed by atoms with Crippen LogP contribution < -0.4 is 0 Å². The predicted molar refractivity (Wildman–Crippen MR) is 61.0 cm³/mol. The summed E-state index contributed by atoms with van der Waals surface area (Å²) in [6.45, 7) is 1.76. The number of hydrogen-bond acceptors (Lipinski definition) is 2. The molecule has 0 saturated carbocycles. The van der Waals surface area contributed by atoms with Gasteiger partial charge in [0.2, 0.25) is 0 Å². The van der Waals surface area contributed by atoms with Crippen molar-refractivity contribution >= 4 is 11.0 Å². The SMILES string of the molecule is CN1CCc2oc3cc(F)cc(F)c3c2CC1. The van der Waals surface area contributed by atoms with Gasteiger partial charge < -0.3 is 9.32 Å². The monoisotopic (exact) mass is 237 g/mol. The van der Waals surface area contributed by atoms with Gasteiger partial charge in [-0.1, -0.05) is 0 Å². The average Bonchev–Trinajstić information content (AvgIpc) is 2.52. The molecule has 0 saturated heterocycles. The lowest BCUT2D eigenvalue weighted by Crippen LogP contribution is -2.20. The topological polar surface area (TPSA) is 16.4 Å². The van der Waals surface area contributed by atoms with Gasteiger partial charge in [0.25, 0.3) is 0 Å². The molecular weight excluding hydrogens is 224 g/mol. The van der Waals surface area contributed by atoms with Crippen molar-refractivity contribution in [3.63, 3.8) is 0 Å². The molecule has 0 N–H and O–H groups in total. The van der Waals surface area contributed by atoms with E-state index in [-0.39, 0.29) is 0 Å². The first-order chi connectivity index (χ1) is 8.15. The summed E-state index contributed by atoms with van der Waals surface area (Å²) in [5.41, 5.74) is 1.24. The number of likely N-dealkylation sites (N-methyl/N-ethyl adjacent to an activating group) is 1. The fourth-order valence-corrected chi connectivity index (χ4v) is 2.43. The molecule has 1 aliphatic rings. The lowest BCUT2D eigenvalue weighted by atomic mass is 10.1. The molecule has 2 aromatic rings. The molecule has 0 spiro atoms. The summed E-state index contributed by atoms with van der Waals surface area (Å²) >= 11 is 0. The van der Waals surface area contributed by atoms with Gasteiger partial charge in [-0.05, 0) is 13.5 Å². The molecule has 0 aliphatic carbocycles. The maximum Gasteiger partial charge on any atom is 0.140 e. The van der Waals surface area contributed by atoms with Gasteiger partial charge in [-0.15, -0.1) is 0 Å². The van der Waals surface area contributed by atoms with E-state index in [1.807, 2.05) is 7.05 Å². The van der Waals surface area contributed by atoms with Crippen molar-refractivity contribution < 1.29 is 13.2 Å². The Morgan fingerprint density at radius 1 is 1.18 bits per heavy atom. The minimum Gasteiger partial charge on any atom is -0.461 e. The van der Waals surface area contributed by atoms with Gasteiger partial charge in [0.1, 0.15) is 23.0 Å². The minimum absolute atomic E-state index is 0.331. The van der Waals surface area contributed by atoms with Crippen LogP contribution in [-0.2, 0) is 12.8 Å². The highest BCUT2D eigenvalue weighted by Crippen LogP contribution is 2.31. The molecule has 2 nitrogen and oxygen atoms in total. The van der Waals surface area contributed by atoms with Gasteiger partial charge in [-0.3, -0.25) is 0 Å². The van der Waals surface area contributed by atoms with Gasteiger partial charge >= 0.3 is 0 Å². The van der Waals surface area contributed by atoms with Crippen molar-refractivity contribution in [3.8, 4) is 0 Å². The molecule has 4 heteroatoms. The van der Waals surface area contributed by atoms with Crippen LogP contribution in [0.4, 0.5) is 8.78 Å². The van der Waals surface area contributed by atoms with Gasteiger partial charge in [-0.2, -0.15) is 0 Å². The zero-order valence-corrected chi connectivity index (χ0v) is 9.59. The number of halogens is 2. The first-order valence-electron chi connectivity index (χ1n) is 5.73. The van der Waals surface area contributed by atoms with Crippen molar-refractivity contribution in [1.29, 1.82) is 0 Å². The van der Waals surface area contributed by atoms with Crippen LogP contribution in [0.15, 0.2) is 16.5 Å². The first kappa shape index (κ1) is 10.7. The number of fused-ring (bicyclic) bond motifs is 3. The predicted octanol–water partition coefficient (Wildman–Crippen LogP) is 2.74. The molecule has 0 amide bonds. The van der Waals surface area contributed by atoms with Crippen LogP contribution >= 0.6 is 0 Å². The maximum atomic E-state index is 13.8. The molecule has 17 heavy (non-hydrogen) atoms. The van der Waals surface area contributed by atoms with Gasteiger partial charge in [0.15, 0.2) is 0 Å². The maximum absolute atomic E-state index is 13.8. The van der Waals surface area contributed by atoms with Crippen molar-refractivity contribution in [2.24, 2.45) is 0 Å². The molecule has 90 valence electrons. The summed E-state index contributed by atoms with van der Waals surface area (Å²) in [7, 11) is 2.03. The highest BCUT2D eigenvalue weighted by Gasteiger charge is 2.21. The summed E-state index contributed by atoms with van der Waals surface area (Å²) in [4.78, 5) is 2.18. The van der Waals surface area contributed by atoms with E-state index < -0.39 is 11.6 Å². The standard InChI is InChI=1S/C13H13F2NO/c1-16-4-2-9-11(3-5-16)17-12-7-8(14)6-10(15)13(9)12/h6-7H,2-5H2,1H3. The largest absolute Gasteiger partial charge is 0.461 e. The molecule has 2 heterocycles. The first-order valence-corrected chi connectivity index (χ1v) is 5.73. The molecule has 0 atom stereocenters. The average molecular weight is 237 g/mol. The molecule has 0 fully saturated rings. The molecular formula is C13H13F2NO. The van der Waals surface area contributed by atoms with E-state index in [1.165, 1.54) is 6.07 Å². The number of rotatable bonds is 0. The van der Waals surface area contributed by atoms with Crippen LogP contribution in [0.1, 0.15) is 11.3 Å². The third-order valence-electron chi connectivity index (χ3n) is 3.35. The van der Waals surface area contributed by atoms with Crippen molar-refractivity contribution in [1.82, 2.24) is 4.90 Å². The van der Waals surface area contributed by atoms with Crippen LogP contribution in [0.25, 0.3) is 11.0 Å². The lowest BCUT2D eigenvalue weighted by molar-refractivity contribution is 0.346. The zero-order chi connectivity index (χ0) is 12.0. The summed E-state index contributed by atoms with van der Waals surface area (Å²) < 4.78 is 32.5. The highest BCUT2D eigenvalue weighted by molar-refractivity contribution is 5.83. The Morgan fingerprint density at radius 3 is 2.76 bits per heavy atom. The zero-order valence-electron chi connectivity index (χ0n) is 9.59. The van der Waals surface area contributed by atoms with E-state index >= 15 is 0 Å². The van der Waals surface area contributed by atoms with Crippen LogP contribution in [-0.4, -0.2) is 25.0 Å². The van der Waals surface area contributed by atoms with E-state index in [2.05, 4.69) is 4.90 Å². The Balaban J connectivity index is 2.21. The number of hydrogen-bond donors (Lipinski definition) is 0. The molecule has 0 bridgehead atoms. The van der Waals surface area contributed by atoms with Crippen LogP contribution in [0, 0.1) is 11.6 Å². The lowest BCUT2D eigenvalue weighted by Gasteiger charge is -2.11. The van der Waals surface area contributed by atoms with Crippen LogP contribution in [0.3, 0.4) is 0 Å². The number of furan rings is 1. The van der Waals surface area contributed by atoms with Gasteiger partial charge in [0.05, 0.1) is 5.39 Å². The summed E-state index contributed by atoms with van der Waals surface area (Å²) in [6, 6.07) is 2.18. The van der Waals surface area contributed by atoms with E-state index in [0.29, 0.717) is 11.0 Å². The molecule has 3 rings (SSSR count). The Hall–Kier alpha value is -1.42. The Kier molecular flexibility index (Phi) is 2.40.